The van der Waals surface area contributed by atoms with E-state index in [1.54, 1.807) is 6.92 Å². The van der Waals surface area contributed by atoms with Crippen LogP contribution in [0.1, 0.15) is 29.8 Å². The van der Waals surface area contributed by atoms with Gasteiger partial charge in [-0.15, -0.1) is 24.0 Å². The Labute approximate surface area is 197 Å². The molecule has 1 aromatic rings. The maximum atomic E-state index is 12.3. The fraction of sp³-hybridized carbons (Fsp3) is 0.571. The summed E-state index contributed by atoms with van der Waals surface area (Å²) < 4.78 is 0. The first-order chi connectivity index (χ1) is 13.9. The molecule has 2 N–H and O–H groups in total. The summed E-state index contributed by atoms with van der Waals surface area (Å²) in [5.74, 6) is 0.897. The summed E-state index contributed by atoms with van der Waals surface area (Å²) in [6, 6.07) is 7.60. The summed E-state index contributed by atoms with van der Waals surface area (Å²) in [7, 11) is 3.96. The lowest BCUT2D eigenvalue weighted by molar-refractivity contribution is -0.130. The Balaban J connectivity index is 0.00000450. The molecular formula is C21H35IN6O2. The van der Waals surface area contributed by atoms with Crippen LogP contribution in [0.15, 0.2) is 29.3 Å². The second-order valence-corrected chi connectivity index (χ2v) is 7.42. The van der Waals surface area contributed by atoms with Crippen LogP contribution in [0.25, 0.3) is 0 Å². The van der Waals surface area contributed by atoms with Gasteiger partial charge in [-0.3, -0.25) is 9.59 Å². The minimum Gasteiger partial charge on any atom is -0.357 e. The quantitative estimate of drug-likeness (QED) is 0.315. The summed E-state index contributed by atoms with van der Waals surface area (Å²) in [6.45, 7) is 9.29. The third kappa shape index (κ3) is 8.47. The van der Waals surface area contributed by atoms with Gasteiger partial charge in [0.25, 0.3) is 5.91 Å². The molecule has 168 valence electrons. The van der Waals surface area contributed by atoms with Crippen LogP contribution < -0.4 is 10.6 Å². The number of nitrogens with zero attached hydrogens (tertiary/aromatic N) is 4. The van der Waals surface area contributed by atoms with Gasteiger partial charge >= 0.3 is 0 Å². The standard InChI is InChI=1S/C21H34N6O2.HI/c1-5-22-21(27-13-11-26(12-14-27)17(2)28)24-16-18-7-6-8-19(15-18)20(29)23-9-10-25(3)4;/h6-8,15H,5,9-14,16H2,1-4H3,(H,22,24)(H,23,29);1H. The van der Waals surface area contributed by atoms with E-state index in [0.29, 0.717) is 31.7 Å². The highest BCUT2D eigenvalue weighted by molar-refractivity contribution is 14.0. The van der Waals surface area contributed by atoms with E-state index in [2.05, 4.69) is 15.5 Å². The van der Waals surface area contributed by atoms with Crippen molar-refractivity contribution < 1.29 is 9.59 Å². The minimum absolute atomic E-state index is 0. The Morgan fingerprint density at radius 3 is 2.37 bits per heavy atom. The summed E-state index contributed by atoms with van der Waals surface area (Å²) in [6.07, 6.45) is 0. The second kappa shape index (κ2) is 13.4. The fourth-order valence-corrected chi connectivity index (χ4v) is 3.13. The van der Waals surface area contributed by atoms with Crippen molar-refractivity contribution in [2.24, 2.45) is 4.99 Å². The number of rotatable bonds is 7. The topological polar surface area (TPSA) is 80.3 Å². The molecule has 2 rings (SSSR count). The Kier molecular flexibility index (Phi) is 11.7. The Morgan fingerprint density at radius 2 is 1.77 bits per heavy atom. The Morgan fingerprint density at radius 1 is 1.10 bits per heavy atom. The van der Waals surface area contributed by atoms with Crippen LogP contribution in [0, 0.1) is 0 Å². The maximum Gasteiger partial charge on any atom is 0.251 e. The molecule has 1 heterocycles. The molecule has 0 radical (unpaired) electrons. The lowest BCUT2D eigenvalue weighted by atomic mass is 10.1. The van der Waals surface area contributed by atoms with E-state index in [1.165, 1.54) is 0 Å². The van der Waals surface area contributed by atoms with Gasteiger partial charge in [-0.2, -0.15) is 0 Å². The Bertz CT molecular complexity index is 717. The molecule has 0 aliphatic carbocycles. The SMILES string of the molecule is CCNC(=NCc1cccc(C(=O)NCCN(C)C)c1)N1CCN(C(C)=O)CC1.I. The molecule has 1 aromatic carbocycles. The van der Waals surface area contributed by atoms with Crippen molar-refractivity contribution in [1.29, 1.82) is 0 Å². The van der Waals surface area contributed by atoms with Gasteiger partial charge < -0.3 is 25.3 Å². The zero-order valence-electron chi connectivity index (χ0n) is 18.5. The average Bonchev–Trinajstić information content (AvgIpc) is 2.71. The first kappa shape index (κ1) is 26.2. The number of amides is 2. The van der Waals surface area contributed by atoms with Crippen molar-refractivity contribution in [2.45, 2.75) is 20.4 Å². The number of piperazine rings is 1. The van der Waals surface area contributed by atoms with E-state index in [1.807, 2.05) is 55.1 Å². The normalized spacial score (nSPS) is 14.4. The van der Waals surface area contributed by atoms with Crippen molar-refractivity contribution in [3.05, 3.63) is 35.4 Å². The van der Waals surface area contributed by atoms with Gasteiger partial charge in [0, 0.05) is 58.3 Å². The molecule has 0 saturated carbocycles. The molecule has 0 aromatic heterocycles. The molecule has 30 heavy (non-hydrogen) atoms. The van der Waals surface area contributed by atoms with E-state index in [4.69, 9.17) is 4.99 Å². The van der Waals surface area contributed by atoms with Gasteiger partial charge in [0.1, 0.15) is 0 Å². The van der Waals surface area contributed by atoms with Crippen LogP contribution >= 0.6 is 24.0 Å². The van der Waals surface area contributed by atoms with Gasteiger partial charge in [0.05, 0.1) is 6.54 Å². The molecule has 8 nitrogen and oxygen atoms in total. The lowest BCUT2D eigenvalue weighted by Gasteiger charge is -2.36. The van der Waals surface area contributed by atoms with Gasteiger partial charge in [0.2, 0.25) is 5.91 Å². The molecule has 1 saturated heterocycles. The Hall–Kier alpha value is -1.88. The third-order valence-electron chi connectivity index (χ3n) is 4.80. The van der Waals surface area contributed by atoms with Crippen molar-refractivity contribution in [3.63, 3.8) is 0 Å². The summed E-state index contributed by atoms with van der Waals surface area (Å²) in [4.78, 5) is 34.7. The summed E-state index contributed by atoms with van der Waals surface area (Å²) in [5.41, 5.74) is 1.64. The molecule has 1 aliphatic heterocycles. The van der Waals surface area contributed by atoms with Crippen molar-refractivity contribution >= 4 is 41.8 Å². The predicted octanol–water partition coefficient (Wildman–Crippen LogP) is 1.23. The van der Waals surface area contributed by atoms with E-state index in [9.17, 15) is 9.59 Å². The van der Waals surface area contributed by atoms with Crippen LogP contribution in [0.3, 0.4) is 0 Å². The molecule has 0 bridgehead atoms. The monoisotopic (exact) mass is 530 g/mol. The van der Waals surface area contributed by atoms with Crippen LogP contribution in [-0.4, -0.2) is 92.4 Å². The van der Waals surface area contributed by atoms with E-state index < -0.39 is 0 Å². The first-order valence-electron chi connectivity index (χ1n) is 10.2. The number of carbonyl (C=O) groups excluding carboxylic acids is 2. The van der Waals surface area contributed by atoms with Crippen molar-refractivity contribution in [3.8, 4) is 0 Å². The molecule has 0 atom stereocenters. The molecule has 0 unspecified atom stereocenters. The second-order valence-electron chi connectivity index (χ2n) is 7.42. The van der Waals surface area contributed by atoms with E-state index >= 15 is 0 Å². The average molecular weight is 530 g/mol. The number of nitrogens with one attached hydrogen (secondary N) is 2. The maximum absolute atomic E-state index is 12.3. The molecule has 0 spiro atoms. The summed E-state index contributed by atoms with van der Waals surface area (Å²) in [5, 5.41) is 6.27. The smallest absolute Gasteiger partial charge is 0.251 e. The van der Waals surface area contributed by atoms with Gasteiger partial charge in [-0.05, 0) is 38.7 Å². The molecule has 1 fully saturated rings. The van der Waals surface area contributed by atoms with Crippen LogP contribution in [0.5, 0.6) is 0 Å². The fourth-order valence-electron chi connectivity index (χ4n) is 3.13. The van der Waals surface area contributed by atoms with Gasteiger partial charge in [-0.1, -0.05) is 12.1 Å². The van der Waals surface area contributed by atoms with Crippen molar-refractivity contribution in [1.82, 2.24) is 25.3 Å². The molecular weight excluding hydrogens is 495 g/mol. The lowest BCUT2D eigenvalue weighted by Crippen LogP contribution is -2.53. The highest BCUT2D eigenvalue weighted by Crippen LogP contribution is 2.08. The number of likely N-dealkylation sites (N-methyl/N-ethyl adjacent to an activating group) is 1. The number of benzene rings is 1. The van der Waals surface area contributed by atoms with Gasteiger partial charge in [0.15, 0.2) is 5.96 Å². The zero-order chi connectivity index (χ0) is 21.2. The molecule has 1 aliphatic rings. The molecule has 9 heteroatoms. The van der Waals surface area contributed by atoms with Crippen LogP contribution in [0.2, 0.25) is 0 Å². The molecule has 2 amide bonds. The van der Waals surface area contributed by atoms with E-state index in [0.717, 1.165) is 37.7 Å². The number of aliphatic imine (C=N–C) groups is 1. The summed E-state index contributed by atoms with van der Waals surface area (Å²) >= 11 is 0. The first-order valence-corrected chi connectivity index (χ1v) is 10.2. The van der Waals surface area contributed by atoms with Crippen LogP contribution in [0.4, 0.5) is 0 Å². The predicted molar refractivity (Wildman–Crippen MR) is 131 cm³/mol. The number of hydrogen-bond acceptors (Lipinski definition) is 4. The van der Waals surface area contributed by atoms with Crippen LogP contribution in [-0.2, 0) is 11.3 Å². The number of hydrogen-bond donors (Lipinski definition) is 2. The highest BCUT2D eigenvalue weighted by Gasteiger charge is 2.20. The van der Waals surface area contributed by atoms with Gasteiger partial charge in [-0.25, -0.2) is 4.99 Å². The zero-order valence-corrected chi connectivity index (χ0v) is 20.8. The number of guanidine groups is 1. The minimum atomic E-state index is -0.0649. The third-order valence-corrected chi connectivity index (χ3v) is 4.80. The highest BCUT2D eigenvalue weighted by atomic mass is 127. The van der Waals surface area contributed by atoms with Crippen molar-refractivity contribution in [2.75, 3.05) is 59.9 Å². The number of carbonyl (C=O) groups is 2. The largest absolute Gasteiger partial charge is 0.357 e. The number of halogens is 1. The van der Waals surface area contributed by atoms with E-state index in [-0.39, 0.29) is 35.8 Å².